The molecule has 1 amide bonds. The van der Waals surface area contributed by atoms with Crippen molar-refractivity contribution in [1.29, 1.82) is 0 Å². The Morgan fingerprint density at radius 3 is 2.75 bits per heavy atom. The van der Waals surface area contributed by atoms with Gasteiger partial charge in [-0.05, 0) is 37.6 Å². The lowest BCUT2D eigenvalue weighted by Gasteiger charge is -2.13. The zero-order valence-corrected chi connectivity index (χ0v) is 13.5. The Kier molecular flexibility index (Phi) is 4.69. The Labute approximate surface area is 139 Å². The third kappa shape index (κ3) is 3.50. The van der Waals surface area contributed by atoms with Crippen LogP contribution in [0.4, 0.5) is 4.39 Å². The van der Waals surface area contributed by atoms with Crippen molar-refractivity contribution in [2.75, 3.05) is 0 Å². The highest BCUT2D eigenvalue weighted by Gasteiger charge is 2.22. The van der Waals surface area contributed by atoms with Crippen molar-refractivity contribution in [3.05, 3.63) is 47.3 Å². The van der Waals surface area contributed by atoms with Gasteiger partial charge in [0.25, 0.3) is 0 Å². The van der Waals surface area contributed by atoms with Crippen LogP contribution in [0.25, 0.3) is 0 Å². The summed E-state index contributed by atoms with van der Waals surface area (Å²) in [5.41, 5.74) is 0.410. The predicted molar refractivity (Wildman–Crippen MR) is 84.9 cm³/mol. The maximum absolute atomic E-state index is 12.8. The first-order valence-corrected chi connectivity index (χ1v) is 8.04. The van der Waals surface area contributed by atoms with Crippen molar-refractivity contribution < 1.29 is 14.0 Å². The third-order valence-corrected chi connectivity index (χ3v) is 4.15. The number of rotatable bonds is 6. The Balaban J connectivity index is 1.52. The molecule has 3 rings (SSSR count). The van der Waals surface area contributed by atoms with E-state index in [0.717, 1.165) is 31.0 Å². The van der Waals surface area contributed by atoms with Gasteiger partial charge in [0.2, 0.25) is 5.91 Å². The minimum absolute atomic E-state index is 0.0849. The standard InChI is InChI=1S/C17H19FN4O2/c1-11(17-21-20-15-3-2-10-22(15)17)19-16(24)9-8-14(23)12-4-6-13(18)7-5-12/h4-7,11H,2-3,8-10H2,1H3,(H,19,24). The van der Waals surface area contributed by atoms with E-state index in [2.05, 4.69) is 15.5 Å². The quantitative estimate of drug-likeness (QED) is 0.824. The summed E-state index contributed by atoms with van der Waals surface area (Å²) in [6.07, 6.45) is 2.13. The lowest BCUT2D eigenvalue weighted by atomic mass is 10.1. The summed E-state index contributed by atoms with van der Waals surface area (Å²) in [5, 5.41) is 11.1. The fraction of sp³-hybridized carbons (Fsp3) is 0.412. The molecule has 0 saturated carbocycles. The van der Waals surface area contributed by atoms with Gasteiger partial charge in [0, 0.05) is 31.4 Å². The number of benzene rings is 1. The molecule has 24 heavy (non-hydrogen) atoms. The summed E-state index contributed by atoms with van der Waals surface area (Å²) in [6.45, 7) is 2.73. The van der Waals surface area contributed by atoms with Crippen molar-refractivity contribution in [2.24, 2.45) is 0 Å². The van der Waals surface area contributed by atoms with E-state index in [-0.39, 0.29) is 36.4 Å². The van der Waals surface area contributed by atoms with Gasteiger partial charge in [-0.25, -0.2) is 4.39 Å². The topological polar surface area (TPSA) is 76.9 Å². The fourth-order valence-electron chi connectivity index (χ4n) is 2.88. The van der Waals surface area contributed by atoms with Crippen LogP contribution < -0.4 is 5.32 Å². The van der Waals surface area contributed by atoms with Crippen LogP contribution in [0.5, 0.6) is 0 Å². The zero-order valence-electron chi connectivity index (χ0n) is 13.5. The molecule has 0 bridgehead atoms. The van der Waals surface area contributed by atoms with Gasteiger partial charge in [-0.1, -0.05) is 0 Å². The first kappa shape index (κ1) is 16.3. The SMILES string of the molecule is CC(NC(=O)CCC(=O)c1ccc(F)cc1)c1nnc2n1CCC2. The summed E-state index contributed by atoms with van der Waals surface area (Å²) < 4.78 is 14.9. The number of amides is 1. The summed E-state index contributed by atoms with van der Waals surface area (Å²) in [7, 11) is 0. The average Bonchev–Trinajstić information content (AvgIpc) is 3.16. The van der Waals surface area contributed by atoms with Crippen LogP contribution in [-0.2, 0) is 17.8 Å². The van der Waals surface area contributed by atoms with Gasteiger partial charge in [0.05, 0.1) is 6.04 Å². The second-order valence-corrected chi connectivity index (χ2v) is 5.95. The molecule has 7 heteroatoms. The van der Waals surface area contributed by atoms with Crippen LogP contribution in [-0.4, -0.2) is 26.5 Å². The van der Waals surface area contributed by atoms with E-state index in [1.165, 1.54) is 24.3 Å². The maximum Gasteiger partial charge on any atom is 0.221 e. The molecular formula is C17H19FN4O2. The number of carbonyl (C=O) groups excluding carboxylic acids is 2. The number of hydrogen-bond acceptors (Lipinski definition) is 4. The Hall–Kier alpha value is -2.57. The van der Waals surface area contributed by atoms with E-state index in [1.807, 2.05) is 11.5 Å². The molecule has 1 aromatic carbocycles. The van der Waals surface area contributed by atoms with E-state index in [1.54, 1.807) is 0 Å². The van der Waals surface area contributed by atoms with Crippen molar-refractivity contribution in [1.82, 2.24) is 20.1 Å². The van der Waals surface area contributed by atoms with Gasteiger partial charge < -0.3 is 9.88 Å². The Morgan fingerprint density at radius 1 is 1.25 bits per heavy atom. The van der Waals surface area contributed by atoms with Crippen LogP contribution in [0, 0.1) is 5.82 Å². The number of aromatic nitrogens is 3. The van der Waals surface area contributed by atoms with Gasteiger partial charge in [-0.15, -0.1) is 10.2 Å². The van der Waals surface area contributed by atoms with E-state index in [4.69, 9.17) is 0 Å². The van der Waals surface area contributed by atoms with Crippen molar-refractivity contribution in [3.8, 4) is 0 Å². The van der Waals surface area contributed by atoms with Crippen LogP contribution >= 0.6 is 0 Å². The van der Waals surface area contributed by atoms with Crippen LogP contribution in [0.2, 0.25) is 0 Å². The first-order valence-electron chi connectivity index (χ1n) is 8.04. The second-order valence-electron chi connectivity index (χ2n) is 5.95. The minimum Gasteiger partial charge on any atom is -0.346 e. The number of ketones is 1. The highest BCUT2D eigenvalue weighted by molar-refractivity contribution is 5.97. The molecule has 2 heterocycles. The van der Waals surface area contributed by atoms with Crippen LogP contribution in [0.15, 0.2) is 24.3 Å². The molecule has 1 unspecified atom stereocenters. The average molecular weight is 330 g/mol. The largest absolute Gasteiger partial charge is 0.346 e. The van der Waals surface area contributed by atoms with Crippen LogP contribution in [0.3, 0.4) is 0 Å². The van der Waals surface area contributed by atoms with Gasteiger partial charge >= 0.3 is 0 Å². The Bertz CT molecular complexity index is 754. The fourth-order valence-corrected chi connectivity index (χ4v) is 2.88. The highest BCUT2D eigenvalue weighted by Crippen LogP contribution is 2.19. The Morgan fingerprint density at radius 2 is 2.00 bits per heavy atom. The molecule has 1 N–H and O–H groups in total. The summed E-state index contributed by atoms with van der Waals surface area (Å²) >= 11 is 0. The van der Waals surface area contributed by atoms with E-state index >= 15 is 0 Å². The van der Waals surface area contributed by atoms with Gasteiger partial charge in [-0.3, -0.25) is 9.59 Å². The van der Waals surface area contributed by atoms with Crippen molar-refractivity contribution in [3.63, 3.8) is 0 Å². The van der Waals surface area contributed by atoms with E-state index in [9.17, 15) is 14.0 Å². The molecule has 126 valence electrons. The number of Topliss-reactive ketones (excluding diaryl/α,β-unsaturated/α-hetero) is 1. The predicted octanol–water partition coefficient (Wildman–Crippen LogP) is 2.20. The van der Waals surface area contributed by atoms with E-state index < -0.39 is 0 Å². The molecule has 1 atom stereocenters. The molecule has 1 aliphatic rings. The summed E-state index contributed by atoms with van der Waals surface area (Å²) in [4.78, 5) is 24.1. The molecule has 1 aromatic heterocycles. The smallest absolute Gasteiger partial charge is 0.221 e. The number of carbonyl (C=O) groups is 2. The molecule has 2 aromatic rings. The zero-order chi connectivity index (χ0) is 17.1. The molecule has 0 radical (unpaired) electrons. The number of nitrogens with zero attached hydrogens (tertiary/aromatic N) is 3. The van der Waals surface area contributed by atoms with Gasteiger partial charge in [-0.2, -0.15) is 0 Å². The summed E-state index contributed by atoms with van der Waals surface area (Å²) in [6, 6.07) is 5.08. The molecule has 0 aliphatic carbocycles. The summed E-state index contributed by atoms with van der Waals surface area (Å²) in [5.74, 6) is 0.923. The molecule has 0 spiro atoms. The number of aryl methyl sites for hydroxylation is 1. The first-order chi connectivity index (χ1) is 11.5. The number of nitrogens with one attached hydrogen (secondary N) is 1. The monoisotopic (exact) mass is 330 g/mol. The van der Waals surface area contributed by atoms with E-state index in [0.29, 0.717) is 5.56 Å². The van der Waals surface area contributed by atoms with Crippen LogP contribution in [0.1, 0.15) is 54.2 Å². The molecule has 0 fully saturated rings. The van der Waals surface area contributed by atoms with Gasteiger partial charge in [0.1, 0.15) is 11.6 Å². The van der Waals surface area contributed by atoms with Gasteiger partial charge in [0.15, 0.2) is 11.6 Å². The highest BCUT2D eigenvalue weighted by atomic mass is 19.1. The molecular weight excluding hydrogens is 311 g/mol. The number of fused-ring (bicyclic) bond motifs is 1. The lowest BCUT2D eigenvalue weighted by Crippen LogP contribution is -2.29. The lowest BCUT2D eigenvalue weighted by molar-refractivity contribution is -0.121. The number of halogens is 1. The molecule has 1 aliphatic heterocycles. The normalized spacial score (nSPS) is 14.2. The third-order valence-electron chi connectivity index (χ3n) is 4.15. The molecule has 6 nitrogen and oxygen atoms in total. The number of hydrogen-bond donors (Lipinski definition) is 1. The van der Waals surface area contributed by atoms with Crippen molar-refractivity contribution in [2.45, 2.75) is 45.2 Å². The molecule has 0 saturated heterocycles. The minimum atomic E-state index is -0.390. The second kappa shape index (κ2) is 6.90. The van der Waals surface area contributed by atoms with Crippen molar-refractivity contribution >= 4 is 11.7 Å². The maximum atomic E-state index is 12.8.